The molecule has 4 heteroatoms. The molecule has 0 radical (unpaired) electrons. The lowest BCUT2D eigenvalue weighted by Crippen LogP contribution is -2.24. The van der Waals surface area contributed by atoms with Crippen molar-refractivity contribution >= 4 is 0 Å². The lowest BCUT2D eigenvalue weighted by Gasteiger charge is -2.22. The normalized spacial score (nSPS) is 14.3. The summed E-state index contributed by atoms with van der Waals surface area (Å²) in [6, 6.07) is 9.77. The minimum absolute atomic E-state index is 0.330. The number of imidazole rings is 1. The number of hydrogen-bond acceptors (Lipinski definition) is 3. The van der Waals surface area contributed by atoms with E-state index in [1.165, 1.54) is 0 Å². The molecule has 0 saturated heterocycles. The number of benzene rings is 1. The zero-order valence-electron chi connectivity index (χ0n) is 11.4. The minimum Gasteiger partial charge on any atom is -0.390 e. The molecule has 2 aromatic rings. The Hall–Kier alpha value is -1.65. The van der Waals surface area contributed by atoms with E-state index in [1.807, 2.05) is 41.1 Å². The third-order valence-electron chi connectivity index (χ3n) is 3.27. The van der Waals surface area contributed by atoms with Crippen LogP contribution in [-0.4, -0.2) is 27.9 Å². The Kier molecular flexibility index (Phi) is 4.71. The van der Waals surface area contributed by atoms with Gasteiger partial charge in [0, 0.05) is 32.5 Å². The first kappa shape index (κ1) is 13.8. The highest BCUT2D eigenvalue weighted by atomic mass is 16.5. The molecule has 19 heavy (non-hydrogen) atoms. The van der Waals surface area contributed by atoms with Gasteiger partial charge in [0.15, 0.2) is 0 Å². The smallest absolute Gasteiger partial charge is 0.111 e. The number of aliphatic hydroxyl groups is 1. The molecular weight excluding hydrogens is 240 g/mol. The van der Waals surface area contributed by atoms with Gasteiger partial charge in [0.05, 0.1) is 6.10 Å². The van der Waals surface area contributed by atoms with Crippen molar-refractivity contribution in [3.8, 4) is 0 Å². The molecular formula is C15H20N2O2. The molecule has 4 nitrogen and oxygen atoms in total. The molecule has 2 atom stereocenters. The first-order valence-electron chi connectivity index (χ1n) is 6.52. The predicted molar refractivity (Wildman–Crippen MR) is 73.8 cm³/mol. The summed E-state index contributed by atoms with van der Waals surface area (Å²) < 4.78 is 7.46. The summed E-state index contributed by atoms with van der Waals surface area (Å²) in [6.07, 6.45) is 3.22. The number of nitrogens with zero attached hydrogens (tertiary/aromatic N) is 2. The molecule has 2 rings (SSSR count). The van der Waals surface area contributed by atoms with Crippen LogP contribution in [0.3, 0.4) is 0 Å². The molecule has 1 aromatic heterocycles. The average molecular weight is 260 g/mol. The van der Waals surface area contributed by atoms with E-state index in [1.54, 1.807) is 13.3 Å². The first-order valence-corrected chi connectivity index (χ1v) is 6.52. The van der Waals surface area contributed by atoms with E-state index < -0.39 is 6.10 Å². The number of methoxy groups -OCH3 is 1. The highest BCUT2D eigenvalue weighted by molar-refractivity contribution is 5.19. The molecule has 0 aliphatic rings. The summed E-state index contributed by atoms with van der Waals surface area (Å²) in [5, 5.41) is 10.4. The van der Waals surface area contributed by atoms with Crippen LogP contribution in [0.25, 0.3) is 0 Å². The van der Waals surface area contributed by atoms with Crippen LogP contribution in [0.2, 0.25) is 0 Å². The third kappa shape index (κ3) is 3.22. The lowest BCUT2D eigenvalue weighted by molar-refractivity contribution is -0.0140. The van der Waals surface area contributed by atoms with Gasteiger partial charge in [-0.05, 0) is 12.5 Å². The van der Waals surface area contributed by atoms with Crippen molar-refractivity contribution in [2.75, 3.05) is 7.11 Å². The summed E-state index contributed by atoms with van der Waals surface area (Å²) in [5.41, 5.74) is 0.979. The van der Waals surface area contributed by atoms with Crippen molar-refractivity contribution < 1.29 is 9.84 Å². The van der Waals surface area contributed by atoms with Gasteiger partial charge in [0.2, 0.25) is 0 Å². The van der Waals surface area contributed by atoms with Gasteiger partial charge in [-0.15, -0.1) is 0 Å². The molecule has 0 fully saturated rings. The highest BCUT2D eigenvalue weighted by Gasteiger charge is 2.22. The predicted octanol–water partition coefficient (Wildman–Crippen LogP) is 2.19. The first-order chi connectivity index (χ1) is 9.26. The molecule has 0 spiro atoms. The molecule has 0 aliphatic heterocycles. The quantitative estimate of drug-likeness (QED) is 0.866. The maximum atomic E-state index is 10.4. The monoisotopic (exact) mass is 260 g/mol. The van der Waals surface area contributed by atoms with Crippen LogP contribution in [-0.2, 0) is 17.7 Å². The maximum absolute atomic E-state index is 10.4. The molecule has 2 unspecified atom stereocenters. The Labute approximate surface area is 113 Å². The van der Waals surface area contributed by atoms with Crippen LogP contribution in [0.1, 0.15) is 24.4 Å². The number of hydrogen-bond donors (Lipinski definition) is 1. The van der Waals surface area contributed by atoms with Crippen LogP contribution < -0.4 is 0 Å². The fraction of sp³-hybridized carbons (Fsp3) is 0.400. The third-order valence-corrected chi connectivity index (χ3v) is 3.27. The van der Waals surface area contributed by atoms with E-state index >= 15 is 0 Å². The van der Waals surface area contributed by atoms with Gasteiger partial charge in [-0.25, -0.2) is 4.98 Å². The van der Waals surface area contributed by atoms with Crippen LogP contribution in [0, 0.1) is 0 Å². The molecule has 0 bridgehead atoms. The van der Waals surface area contributed by atoms with Crippen molar-refractivity contribution in [3.63, 3.8) is 0 Å². The van der Waals surface area contributed by atoms with Gasteiger partial charge in [-0.2, -0.15) is 0 Å². The maximum Gasteiger partial charge on any atom is 0.111 e. The zero-order chi connectivity index (χ0) is 13.7. The Bertz CT molecular complexity index is 496. The number of aliphatic hydroxyl groups excluding tert-OH is 1. The van der Waals surface area contributed by atoms with Gasteiger partial charge in [-0.3, -0.25) is 0 Å². The van der Waals surface area contributed by atoms with E-state index in [9.17, 15) is 5.11 Å². The van der Waals surface area contributed by atoms with E-state index in [0.717, 1.165) is 17.9 Å². The SMILES string of the molecule is CCn1ccnc1CC(O)C(OC)c1ccccc1. The van der Waals surface area contributed by atoms with Crippen molar-refractivity contribution in [1.82, 2.24) is 9.55 Å². The number of rotatable bonds is 6. The molecule has 1 heterocycles. The summed E-state index contributed by atoms with van der Waals surface area (Å²) in [6.45, 7) is 2.91. The van der Waals surface area contributed by atoms with Crippen molar-refractivity contribution in [2.45, 2.75) is 32.1 Å². The molecule has 102 valence electrons. The van der Waals surface area contributed by atoms with Crippen LogP contribution in [0.4, 0.5) is 0 Å². The van der Waals surface area contributed by atoms with E-state index in [4.69, 9.17) is 4.74 Å². The lowest BCUT2D eigenvalue weighted by atomic mass is 10.0. The van der Waals surface area contributed by atoms with Crippen LogP contribution in [0.15, 0.2) is 42.7 Å². The van der Waals surface area contributed by atoms with Gasteiger partial charge < -0.3 is 14.4 Å². The van der Waals surface area contributed by atoms with Crippen molar-refractivity contribution in [3.05, 3.63) is 54.1 Å². The Balaban J connectivity index is 2.11. The van der Waals surface area contributed by atoms with Gasteiger partial charge in [0.1, 0.15) is 11.9 Å². The number of aromatic nitrogens is 2. The second kappa shape index (κ2) is 6.50. The number of aryl methyl sites for hydroxylation is 1. The summed E-state index contributed by atoms with van der Waals surface area (Å²) in [5.74, 6) is 0.882. The van der Waals surface area contributed by atoms with Gasteiger partial charge in [0.25, 0.3) is 0 Å². The molecule has 0 aliphatic carbocycles. The van der Waals surface area contributed by atoms with Crippen molar-refractivity contribution in [2.24, 2.45) is 0 Å². The van der Waals surface area contributed by atoms with E-state index in [-0.39, 0.29) is 6.10 Å². The van der Waals surface area contributed by atoms with Crippen LogP contribution in [0.5, 0.6) is 0 Å². The second-order valence-electron chi connectivity index (χ2n) is 4.47. The Morgan fingerprint density at radius 3 is 2.68 bits per heavy atom. The average Bonchev–Trinajstić information content (AvgIpc) is 2.88. The molecule has 0 saturated carbocycles. The Morgan fingerprint density at radius 2 is 2.05 bits per heavy atom. The van der Waals surface area contributed by atoms with Crippen molar-refractivity contribution in [1.29, 1.82) is 0 Å². The van der Waals surface area contributed by atoms with Crippen LogP contribution >= 0.6 is 0 Å². The van der Waals surface area contributed by atoms with E-state index in [0.29, 0.717) is 6.42 Å². The summed E-state index contributed by atoms with van der Waals surface area (Å²) in [4.78, 5) is 4.28. The standard InChI is InChI=1S/C15H20N2O2/c1-3-17-10-9-16-14(17)11-13(18)15(19-2)12-7-5-4-6-8-12/h4-10,13,15,18H,3,11H2,1-2H3. The van der Waals surface area contributed by atoms with Gasteiger partial charge in [-0.1, -0.05) is 30.3 Å². The second-order valence-corrected chi connectivity index (χ2v) is 4.47. The topological polar surface area (TPSA) is 47.3 Å². The summed E-state index contributed by atoms with van der Waals surface area (Å²) >= 11 is 0. The van der Waals surface area contributed by atoms with E-state index in [2.05, 4.69) is 11.9 Å². The summed E-state index contributed by atoms with van der Waals surface area (Å²) in [7, 11) is 1.62. The molecule has 1 aromatic carbocycles. The fourth-order valence-electron chi connectivity index (χ4n) is 2.27. The fourth-order valence-corrected chi connectivity index (χ4v) is 2.27. The zero-order valence-corrected chi connectivity index (χ0v) is 11.4. The largest absolute Gasteiger partial charge is 0.390 e. The number of ether oxygens (including phenoxy) is 1. The molecule has 1 N–H and O–H groups in total. The highest BCUT2D eigenvalue weighted by Crippen LogP contribution is 2.22. The Morgan fingerprint density at radius 1 is 1.32 bits per heavy atom. The minimum atomic E-state index is -0.611. The molecule has 0 amide bonds. The van der Waals surface area contributed by atoms with Gasteiger partial charge >= 0.3 is 0 Å².